The number of aromatic nitrogens is 1. The maximum Gasteiger partial charge on any atom is 0.316 e. The molecule has 1 fully saturated rings. The molecule has 0 spiro atoms. The van der Waals surface area contributed by atoms with Crippen molar-refractivity contribution >= 4 is 17.7 Å². The Labute approximate surface area is 177 Å². The Hall–Kier alpha value is -1.79. The fourth-order valence-corrected chi connectivity index (χ4v) is 4.92. The fourth-order valence-electron chi connectivity index (χ4n) is 3.74. The molecule has 6 heteroatoms. The van der Waals surface area contributed by atoms with E-state index >= 15 is 0 Å². The van der Waals surface area contributed by atoms with Gasteiger partial charge in [-0.25, -0.2) is 4.98 Å². The number of nitrogens with zero attached hydrogens (tertiary/aromatic N) is 1. The average molecular weight is 418 g/mol. The van der Waals surface area contributed by atoms with Crippen molar-refractivity contribution in [3.63, 3.8) is 0 Å². The van der Waals surface area contributed by atoms with Gasteiger partial charge in [0.15, 0.2) is 0 Å². The Morgan fingerprint density at radius 2 is 2.07 bits per heavy atom. The Balaban J connectivity index is 1.52. The minimum absolute atomic E-state index is 0.207. The van der Waals surface area contributed by atoms with Crippen molar-refractivity contribution in [2.45, 2.75) is 70.8 Å². The summed E-state index contributed by atoms with van der Waals surface area (Å²) in [5, 5.41) is 8.93. The average Bonchev–Trinajstić information content (AvgIpc) is 3.08. The van der Waals surface area contributed by atoms with Crippen LogP contribution < -0.4 is 0 Å². The molecule has 3 unspecified atom stereocenters. The minimum Gasteiger partial charge on any atom is -0.480 e. The summed E-state index contributed by atoms with van der Waals surface area (Å²) in [6.07, 6.45) is 5.21. The van der Waals surface area contributed by atoms with E-state index in [2.05, 4.69) is 24.0 Å². The number of ether oxygens (including phenoxy) is 1. The highest BCUT2D eigenvalue weighted by Gasteiger charge is 2.25. The van der Waals surface area contributed by atoms with Crippen LogP contribution >= 0.6 is 11.8 Å². The van der Waals surface area contributed by atoms with E-state index in [1.165, 1.54) is 5.56 Å². The van der Waals surface area contributed by atoms with Gasteiger partial charge in [0.05, 0.1) is 12.7 Å². The highest BCUT2D eigenvalue weighted by molar-refractivity contribution is 8.00. The Morgan fingerprint density at radius 1 is 1.31 bits per heavy atom. The molecule has 1 aromatic carbocycles. The second kappa shape index (κ2) is 10.3. The number of carboxylic acids is 1. The zero-order chi connectivity index (χ0) is 20.8. The van der Waals surface area contributed by atoms with Crippen LogP contribution in [0.5, 0.6) is 0 Å². The molecule has 3 atom stereocenters. The topological polar surface area (TPSA) is 72.6 Å². The van der Waals surface area contributed by atoms with Crippen molar-refractivity contribution in [1.29, 1.82) is 0 Å². The standard InChI is InChI=1S/C23H31NO4S/c1-4-21(23(25)26)29-14-17-6-5-7-19(12-17)27-13-20-16(3)28-22(24-20)18-10-8-15(2)9-11-18/h8-11,17,19,21H,4-7,12-14H2,1-3H3,(H,25,26). The van der Waals surface area contributed by atoms with E-state index in [9.17, 15) is 9.90 Å². The summed E-state index contributed by atoms with van der Waals surface area (Å²) in [5.41, 5.74) is 3.04. The van der Waals surface area contributed by atoms with Crippen molar-refractivity contribution < 1.29 is 19.1 Å². The molecule has 1 saturated carbocycles. The van der Waals surface area contributed by atoms with Crippen LogP contribution in [0.2, 0.25) is 0 Å². The van der Waals surface area contributed by atoms with Gasteiger partial charge in [-0.15, -0.1) is 11.8 Å². The number of aryl methyl sites for hydroxylation is 2. The number of thioether (sulfide) groups is 1. The molecular weight excluding hydrogens is 386 g/mol. The van der Waals surface area contributed by atoms with Crippen LogP contribution in [-0.2, 0) is 16.1 Å². The lowest BCUT2D eigenvalue weighted by Crippen LogP contribution is -2.25. The quantitative estimate of drug-likeness (QED) is 0.570. The van der Waals surface area contributed by atoms with Crippen LogP contribution in [0.3, 0.4) is 0 Å². The molecule has 0 saturated heterocycles. The first-order chi connectivity index (χ1) is 14.0. The molecule has 1 aromatic heterocycles. The number of carboxylic acid groups (broad SMARTS) is 1. The third-order valence-corrected chi connectivity index (χ3v) is 7.16. The largest absolute Gasteiger partial charge is 0.480 e. The highest BCUT2D eigenvalue weighted by atomic mass is 32.2. The Kier molecular flexibility index (Phi) is 7.78. The molecule has 1 aliphatic carbocycles. The van der Waals surface area contributed by atoms with Gasteiger partial charge in [-0.3, -0.25) is 4.79 Å². The van der Waals surface area contributed by atoms with Gasteiger partial charge < -0.3 is 14.3 Å². The third-order valence-electron chi connectivity index (χ3n) is 5.56. The second-order valence-electron chi connectivity index (χ2n) is 7.92. The summed E-state index contributed by atoms with van der Waals surface area (Å²) < 4.78 is 12.0. The summed E-state index contributed by atoms with van der Waals surface area (Å²) in [6, 6.07) is 8.15. The first-order valence-corrected chi connectivity index (χ1v) is 11.5. The summed E-state index contributed by atoms with van der Waals surface area (Å²) >= 11 is 1.57. The molecule has 0 aliphatic heterocycles. The molecule has 0 radical (unpaired) electrons. The van der Waals surface area contributed by atoms with Gasteiger partial charge in [0, 0.05) is 5.56 Å². The zero-order valence-corrected chi connectivity index (χ0v) is 18.3. The normalized spacial score (nSPS) is 20.5. The Bertz CT molecular complexity index is 802. The molecule has 0 bridgehead atoms. The summed E-state index contributed by atoms with van der Waals surface area (Å²) in [4.78, 5) is 15.9. The van der Waals surface area contributed by atoms with Crippen LogP contribution in [-0.4, -0.2) is 33.2 Å². The Morgan fingerprint density at radius 3 is 2.76 bits per heavy atom. The molecule has 1 N–H and O–H groups in total. The van der Waals surface area contributed by atoms with Crippen molar-refractivity contribution in [1.82, 2.24) is 4.98 Å². The van der Waals surface area contributed by atoms with Crippen LogP contribution in [0.4, 0.5) is 0 Å². The van der Waals surface area contributed by atoms with Crippen molar-refractivity contribution in [3.8, 4) is 11.5 Å². The first kappa shape index (κ1) is 21.9. The summed E-state index contributed by atoms with van der Waals surface area (Å²) in [5.74, 6) is 2.15. The number of oxazole rings is 1. The van der Waals surface area contributed by atoms with E-state index in [-0.39, 0.29) is 11.4 Å². The van der Waals surface area contributed by atoms with E-state index < -0.39 is 5.97 Å². The van der Waals surface area contributed by atoms with Gasteiger partial charge in [-0.1, -0.05) is 31.0 Å². The maximum atomic E-state index is 11.2. The van der Waals surface area contributed by atoms with Crippen molar-refractivity contribution in [2.75, 3.05) is 5.75 Å². The van der Waals surface area contributed by atoms with Gasteiger partial charge in [0.2, 0.25) is 5.89 Å². The molecule has 158 valence electrons. The molecule has 5 nitrogen and oxygen atoms in total. The lowest BCUT2D eigenvalue weighted by molar-refractivity contribution is -0.136. The molecule has 1 aliphatic rings. The van der Waals surface area contributed by atoms with E-state index in [0.717, 1.165) is 48.5 Å². The molecule has 0 amide bonds. The third kappa shape index (κ3) is 6.09. The van der Waals surface area contributed by atoms with Gasteiger partial charge >= 0.3 is 5.97 Å². The number of hydrogen-bond acceptors (Lipinski definition) is 5. The lowest BCUT2D eigenvalue weighted by Gasteiger charge is -2.29. The van der Waals surface area contributed by atoms with Gasteiger partial charge in [-0.2, -0.15) is 0 Å². The SMILES string of the molecule is CCC(SCC1CCCC(OCc2nc(-c3ccc(C)cc3)oc2C)C1)C(=O)O. The second-order valence-corrected chi connectivity index (χ2v) is 9.16. The lowest BCUT2D eigenvalue weighted by atomic mass is 9.88. The molecule has 2 aromatic rings. The van der Waals surface area contributed by atoms with E-state index in [1.54, 1.807) is 11.8 Å². The summed E-state index contributed by atoms with van der Waals surface area (Å²) in [6.45, 7) is 6.38. The van der Waals surface area contributed by atoms with Crippen LogP contribution in [0.1, 0.15) is 56.0 Å². The van der Waals surface area contributed by atoms with Crippen LogP contribution in [0, 0.1) is 19.8 Å². The number of benzene rings is 1. The number of aliphatic carboxylic acids is 1. The predicted molar refractivity (Wildman–Crippen MR) is 116 cm³/mol. The fraction of sp³-hybridized carbons (Fsp3) is 0.565. The molecular formula is C23H31NO4S. The van der Waals surface area contributed by atoms with Crippen molar-refractivity contribution in [2.24, 2.45) is 5.92 Å². The van der Waals surface area contributed by atoms with Gasteiger partial charge in [-0.05, 0) is 63.3 Å². The number of carbonyl (C=O) groups is 1. The molecule has 1 heterocycles. The molecule has 29 heavy (non-hydrogen) atoms. The van der Waals surface area contributed by atoms with Crippen LogP contribution in [0.15, 0.2) is 28.7 Å². The minimum atomic E-state index is -0.702. The van der Waals surface area contributed by atoms with E-state index in [0.29, 0.717) is 24.8 Å². The van der Waals surface area contributed by atoms with E-state index in [4.69, 9.17) is 9.15 Å². The molecule has 3 rings (SSSR count). The summed E-state index contributed by atoms with van der Waals surface area (Å²) in [7, 11) is 0. The predicted octanol–water partition coefficient (Wildman–Crippen LogP) is 5.63. The smallest absolute Gasteiger partial charge is 0.316 e. The number of rotatable bonds is 9. The van der Waals surface area contributed by atoms with E-state index in [1.807, 2.05) is 26.0 Å². The number of hydrogen-bond donors (Lipinski definition) is 1. The first-order valence-electron chi connectivity index (χ1n) is 10.5. The van der Waals surface area contributed by atoms with Crippen LogP contribution in [0.25, 0.3) is 11.5 Å². The maximum absolute atomic E-state index is 11.2. The zero-order valence-electron chi connectivity index (χ0n) is 17.5. The van der Waals surface area contributed by atoms with Gasteiger partial charge in [0.1, 0.15) is 16.7 Å². The van der Waals surface area contributed by atoms with Gasteiger partial charge in [0.25, 0.3) is 0 Å². The highest BCUT2D eigenvalue weighted by Crippen LogP contribution is 2.32. The van der Waals surface area contributed by atoms with Crippen molar-refractivity contribution in [3.05, 3.63) is 41.3 Å². The monoisotopic (exact) mass is 417 g/mol.